The van der Waals surface area contributed by atoms with Crippen molar-refractivity contribution in [3.05, 3.63) is 39.9 Å². The summed E-state index contributed by atoms with van der Waals surface area (Å²) < 4.78 is 5.25. The molecule has 0 aliphatic heterocycles. The van der Waals surface area contributed by atoms with Crippen LogP contribution in [0.1, 0.15) is 22.3 Å². The Morgan fingerprint density at radius 2 is 1.85 bits per heavy atom. The lowest BCUT2D eigenvalue weighted by molar-refractivity contribution is -0.148. The van der Waals surface area contributed by atoms with Gasteiger partial charge >= 0.3 is 0 Å². The minimum absolute atomic E-state index is 0.0312. The maximum absolute atomic E-state index is 13.4. The van der Waals surface area contributed by atoms with Crippen molar-refractivity contribution in [1.82, 2.24) is 4.90 Å². The van der Waals surface area contributed by atoms with E-state index >= 15 is 0 Å². The summed E-state index contributed by atoms with van der Waals surface area (Å²) in [5.74, 6) is -8.11. The number of Topliss-reactive ketones (excluding diaryl/α,β-unsaturated/α-hetero) is 2. The number of aromatic hydroxyl groups is 2. The third-order valence-electron chi connectivity index (χ3n) is 6.88. The van der Waals surface area contributed by atoms with Crippen molar-refractivity contribution in [2.45, 2.75) is 24.5 Å². The first kappa shape index (κ1) is 22.6. The van der Waals surface area contributed by atoms with E-state index in [4.69, 9.17) is 10.5 Å². The summed E-state index contributed by atoms with van der Waals surface area (Å²) in [4.78, 5) is 40.0. The first-order valence-corrected chi connectivity index (χ1v) is 10.1. The highest BCUT2D eigenvalue weighted by atomic mass is 16.5. The van der Waals surface area contributed by atoms with Crippen molar-refractivity contribution in [3.63, 3.8) is 0 Å². The number of nitrogens with zero attached hydrogens (tertiary/aromatic N) is 1. The number of likely N-dealkylation sites (N-methyl/N-ethyl adjacent to an activating group) is 1. The van der Waals surface area contributed by atoms with Crippen LogP contribution in [0.25, 0.3) is 0 Å². The van der Waals surface area contributed by atoms with E-state index in [0.717, 1.165) is 6.07 Å². The number of allylic oxidation sites excluding steroid dienone is 1. The first-order valence-electron chi connectivity index (χ1n) is 10.1. The number of aliphatic hydroxyl groups is 3. The van der Waals surface area contributed by atoms with Gasteiger partial charge < -0.3 is 36.0 Å². The number of fused-ring (bicyclic) bond motifs is 3. The van der Waals surface area contributed by atoms with E-state index < -0.39 is 69.5 Å². The third kappa shape index (κ3) is 2.79. The number of nitrogens with two attached hydrogens (primary N) is 1. The lowest BCUT2D eigenvalue weighted by atomic mass is 9.58. The molecule has 1 aromatic rings. The minimum atomic E-state index is -2.71. The van der Waals surface area contributed by atoms with Crippen molar-refractivity contribution < 1.29 is 44.7 Å². The Morgan fingerprint density at radius 3 is 2.39 bits per heavy atom. The van der Waals surface area contributed by atoms with Crippen LogP contribution < -0.4 is 10.5 Å². The Hall–Kier alpha value is -3.57. The van der Waals surface area contributed by atoms with Crippen LogP contribution in [-0.2, 0) is 16.0 Å². The van der Waals surface area contributed by atoms with Crippen LogP contribution in [0.5, 0.6) is 17.2 Å². The lowest BCUT2D eigenvalue weighted by Gasteiger charge is -2.50. The van der Waals surface area contributed by atoms with Gasteiger partial charge in [-0.25, -0.2) is 0 Å². The highest BCUT2D eigenvalue weighted by molar-refractivity contribution is 6.24. The van der Waals surface area contributed by atoms with Crippen LogP contribution in [0, 0.1) is 11.8 Å². The van der Waals surface area contributed by atoms with E-state index in [1.54, 1.807) is 14.1 Å². The number of ketones is 2. The molecule has 0 spiro atoms. The maximum Gasteiger partial charge on any atom is 0.255 e. The van der Waals surface area contributed by atoms with Crippen LogP contribution in [0.3, 0.4) is 0 Å². The molecule has 0 saturated carbocycles. The second kappa shape index (κ2) is 7.22. The average Bonchev–Trinajstić information content (AvgIpc) is 2.72. The highest BCUT2D eigenvalue weighted by Crippen LogP contribution is 2.54. The van der Waals surface area contributed by atoms with E-state index in [1.807, 2.05) is 0 Å². The van der Waals surface area contributed by atoms with Gasteiger partial charge in [0.2, 0.25) is 5.78 Å². The molecule has 33 heavy (non-hydrogen) atoms. The maximum atomic E-state index is 13.4. The molecular formula is C22H24N2O9. The molecule has 4 rings (SSSR count). The molecule has 7 N–H and O–H groups in total. The number of rotatable bonds is 3. The summed E-state index contributed by atoms with van der Waals surface area (Å²) in [6, 6.07) is 0.0980. The van der Waals surface area contributed by atoms with Crippen LogP contribution in [0.2, 0.25) is 0 Å². The molecule has 3 aliphatic carbocycles. The van der Waals surface area contributed by atoms with Crippen LogP contribution in [0.15, 0.2) is 28.7 Å². The number of amides is 1. The van der Waals surface area contributed by atoms with Gasteiger partial charge in [-0.3, -0.25) is 19.3 Å². The Balaban J connectivity index is 1.99. The zero-order valence-electron chi connectivity index (χ0n) is 18.1. The highest BCUT2D eigenvalue weighted by Gasteiger charge is 2.63. The zero-order chi connectivity index (χ0) is 24.6. The number of carbonyl (C=O) groups is 3. The normalized spacial score (nSPS) is 29.1. The van der Waals surface area contributed by atoms with Crippen LogP contribution >= 0.6 is 0 Å². The van der Waals surface area contributed by atoms with Crippen molar-refractivity contribution in [3.8, 4) is 17.2 Å². The molecule has 0 bridgehead atoms. The fraction of sp³-hybridized carbons (Fsp3) is 0.409. The Kier molecular flexibility index (Phi) is 4.95. The summed E-state index contributed by atoms with van der Waals surface area (Å²) in [5, 5.41) is 53.7. The number of hydrogen-bond acceptors (Lipinski definition) is 10. The molecule has 1 amide bonds. The van der Waals surface area contributed by atoms with Gasteiger partial charge in [0.05, 0.1) is 18.7 Å². The quantitative estimate of drug-likeness (QED) is 0.261. The van der Waals surface area contributed by atoms with E-state index in [-0.39, 0.29) is 29.7 Å². The molecule has 0 unspecified atom stereocenters. The predicted octanol–water partition coefficient (Wildman–Crippen LogP) is -0.165. The van der Waals surface area contributed by atoms with Gasteiger partial charge in [-0.1, -0.05) is 0 Å². The number of hydrogen-bond donors (Lipinski definition) is 6. The van der Waals surface area contributed by atoms with Crippen LogP contribution in [-0.4, -0.2) is 80.8 Å². The van der Waals surface area contributed by atoms with Crippen molar-refractivity contribution in [1.29, 1.82) is 0 Å². The Bertz CT molecular complexity index is 1180. The van der Waals surface area contributed by atoms with Crippen LogP contribution in [0.4, 0.5) is 0 Å². The van der Waals surface area contributed by atoms with Gasteiger partial charge in [-0.2, -0.15) is 0 Å². The standard InChI is InChI=1S/C22H24N2O9/c1-24(2)15-9-5-7-4-8-11(33-3)6-10(25)16(26)13(8)17(27)12(7)19(29)22(9,32)20(30)14(18(15)28)21(23)31/h6-7,9,15,25-26,28-29,32H,4-5H2,1-3H3,(H2,23,31)/t7-,9-,15-,22-/m0/s1. The lowest BCUT2D eigenvalue weighted by Crippen LogP contribution is -2.63. The molecule has 11 nitrogen and oxygen atoms in total. The van der Waals surface area contributed by atoms with Crippen molar-refractivity contribution in [2.75, 3.05) is 21.2 Å². The molecule has 3 aliphatic rings. The largest absolute Gasteiger partial charge is 0.510 e. The second-order valence-electron chi connectivity index (χ2n) is 8.76. The molecule has 0 saturated heterocycles. The van der Waals surface area contributed by atoms with E-state index in [9.17, 15) is 39.9 Å². The monoisotopic (exact) mass is 460 g/mol. The smallest absolute Gasteiger partial charge is 0.255 e. The molecule has 0 aromatic heterocycles. The number of phenols is 2. The molecule has 1 aromatic carbocycles. The van der Waals surface area contributed by atoms with Gasteiger partial charge in [0.15, 0.2) is 22.9 Å². The van der Waals surface area contributed by atoms with Gasteiger partial charge in [-0.05, 0) is 32.9 Å². The van der Waals surface area contributed by atoms with Gasteiger partial charge in [-0.15, -0.1) is 0 Å². The molecular weight excluding hydrogens is 436 g/mol. The summed E-state index contributed by atoms with van der Waals surface area (Å²) >= 11 is 0. The molecule has 0 heterocycles. The first-order chi connectivity index (χ1) is 15.4. The van der Waals surface area contributed by atoms with Crippen molar-refractivity contribution in [2.24, 2.45) is 17.6 Å². The second-order valence-corrected chi connectivity index (χ2v) is 8.76. The summed E-state index contributed by atoms with van der Waals surface area (Å²) in [6.45, 7) is 0. The predicted molar refractivity (Wildman–Crippen MR) is 112 cm³/mol. The Labute approximate surface area is 188 Å². The van der Waals surface area contributed by atoms with E-state index in [0.29, 0.717) is 5.56 Å². The molecule has 11 heteroatoms. The third-order valence-corrected chi connectivity index (χ3v) is 6.88. The van der Waals surface area contributed by atoms with Gasteiger partial charge in [0.25, 0.3) is 5.91 Å². The van der Waals surface area contributed by atoms with E-state index in [2.05, 4.69) is 0 Å². The Morgan fingerprint density at radius 1 is 1.21 bits per heavy atom. The minimum Gasteiger partial charge on any atom is -0.510 e. The zero-order valence-corrected chi connectivity index (χ0v) is 18.1. The molecule has 4 atom stereocenters. The SMILES string of the molecule is COc1cc(O)c(O)c2c1C[C@H]1C[C@H]3[C@H](N(C)C)C(O)=C(C(N)=O)C(=O)[C@@]3(O)C(O)=C1C2=O. The van der Waals surface area contributed by atoms with Gasteiger partial charge in [0.1, 0.15) is 22.8 Å². The number of ether oxygens (including phenoxy) is 1. The number of methoxy groups -OCH3 is 1. The van der Waals surface area contributed by atoms with Crippen molar-refractivity contribution >= 4 is 17.5 Å². The number of benzene rings is 1. The van der Waals surface area contributed by atoms with E-state index in [1.165, 1.54) is 12.0 Å². The summed E-state index contributed by atoms with van der Waals surface area (Å²) in [6.07, 6.45) is 0.0438. The topological polar surface area (TPSA) is 191 Å². The molecule has 0 fully saturated rings. The number of phenolic OH excluding ortho intramolecular Hbond substituents is 2. The molecule has 176 valence electrons. The van der Waals surface area contributed by atoms with Gasteiger partial charge in [0, 0.05) is 23.1 Å². The fourth-order valence-electron chi connectivity index (χ4n) is 5.45. The number of aliphatic hydroxyl groups excluding tert-OH is 2. The fourth-order valence-corrected chi connectivity index (χ4v) is 5.45. The molecule has 0 radical (unpaired) electrons. The summed E-state index contributed by atoms with van der Waals surface area (Å²) in [7, 11) is 4.43. The number of primary amides is 1. The number of carbonyl (C=O) groups excluding carboxylic acids is 3. The summed E-state index contributed by atoms with van der Waals surface area (Å²) in [5.41, 5.74) is 1.38. The average molecular weight is 460 g/mol.